The first-order valence-corrected chi connectivity index (χ1v) is 5.63. The molecule has 0 N–H and O–H groups in total. The van der Waals surface area contributed by atoms with Crippen LogP contribution in [-0.2, 0) is 11.2 Å². The van der Waals surface area contributed by atoms with Crippen molar-refractivity contribution in [2.75, 3.05) is 0 Å². The van der Waals surface area contributed by atoms with Crippen molar-refractivity contribution < 1.29 is 9.18 Å². The van der Waals surface area contributed by atoms with Crippen molar-refractivity contribution in [1.29, 1.82) is 0 Å². The van der Waals surface area contributed by atoms with Gasteiger partial charge in [-0.15, -0.1) is 0 Å². The quantitative estimate of drug-likeness (QED) is 0.732. The molecule has 1 heterocycles. The van der Waals surface area contributed by atoms with Crippen LogP contribution in [0.2, 0.25) is 0 Å². The second kappa shape index (κ2) is 5.04. The molecule has 2 rings (SSSR count). The third kappa shape index (κ3) is 2.87. The zero-order valence-electron chi connectivity index (χ0n) is 9.69. The van der Waals surface area contributed by atoms with E-state index in [-0.39, 0.29) is 11.7 Å². The maximum Gasteiger partial charge on any atom is 0.129 e. The molecule has 1 aliphatic rings. The summed E-state index contributed by atoms with van der Waals surface area (Å²) in [5.74, 6) is -0.483. The smallest absolute Gasteiger partial charge is 0.129 e. The molecule has 88 valence electrons. The minimum Gasteiger partial charge on any atom is -0.303 e. The number of hydrogen-bond donors (Lipinski definition) is 0. The van der Waals surface area contributed by atoms with Crippen molar-refractivity contribution in [3.8, 4) is 0 Å². The molecule has 1 aromatic rings. The van der Waals surface area contributed by atoms with E-state index in [1.165, 1.54) is 12.1 Å². The van der Waals surface area contributed by atoms with Crippen LogP contribution < -0.4 is 0 Å². The van der Waals surface area contributed by atoms with Gasteiger partial charge in [0.15, 0.2) is 0 Å². The van der Waals surface area contributed by atoms with Gasteiger partial charge in [0.25, 0.3) is 0 Å². The van der Waals surface area contributed by atoms with Gasteiger partial charge in [0.2, 0.25) is 0 Å². The normalized spacial score (nSPS) is 16.4. The van der Waals surface area contributed by atoms with Gasteiger partial charge in [-0.25, -0.2) is 4.39 Å². The van der Waals surface area contributed by atoms with E-state index in [1.807, 2.05) is 13.0 Å². The summed E-state index contributed by atoms with van der Waals surface area (Å²) in [6, 6.07) is 6.24. The van der Waals surface area contributed by atoms with Crippen molar-refractivity contribution in [2.45, 2.75) is 19.8 Å². The lowest BCUT2D eigenvalue weighted by Gasteiger charge is -2.09. The van der Waals surface area contributed by atoms with Crippen LogP contribution in [0.4, 0.5) is 4.39 Å². The first-order chi connectivity index (χ1) is 8.19. The van der Waals surface area contributed by atoms with Crippen LogP contribution in [0.25, 0.3) is 0 Å². The van der Waals surface area contributed by atoms with Crippen molar-refractivity contribution in [2.24, 2.45) is 10.9 Å². The molecule has 1 aromatic carbocycles. The highest BCUT2D eigenvalue weighted by Crippen LogP contribution is 2.21. The first kappa shape index (κ1) is 11.7. The maximum atomic E-state index is 12.8. The van der Waals surface area contributed by atoms with Gasteiger partial charge >= 0.3 is 0 Å². The molecule has 0 aliphatic carbocycles. The number of aldehydes is 1. The molecule has 2 nitrogen and oxygen atoms in total. The number of halogens is 1. The number of aliphatic imine (C=N–C) groups is 1. The van der Waals surface area contributed by atoms with Crippen molar-refractivity contribution in [3.05, 3.63) is 47.4 Å². The van der Waals surface area contributed by atoms with Crippen LogP contribution >= 0.6 is 0 Å². The van der Waals surface area contributed by atoms with Crippen LogP contribution in [0.15, 0.2) is 41.0 Å². The molecule has 17 heavy (non-hydrogen) atoms. The lowest BCUT2D eigenvalue weighted by atomic mass is 9.97. The predicted octanol–water partition coefficient (Wildman–Crippen LogP) is 2.93. The van der Waals surface area contributed by atoms with E-state index >= 15 is 0 Å². The van der Waals surface area contributed by atoms with E-state index in [9.17, 15) is 9.18 Å². The Morgan fingerprint density at radius 3 is 2.65 bits per heavy atom. The fraction of sp³-hybridized carbons (Fsp3) is 0.286. The van der Waals surface area contributed by atoms with Gasteiger partial charge in [0, 0.05) is 17.8 Å². The summed E-state index contributed by atoms with van der Waals surface area (Å²) in [6.45, 7) is 1.95. The van der Waals surface area contributed by atoms with Gasteiger partial charge in [-0.05, 0) is 31.0 Å². The van der Waals surface area contributed by atoms with Gasteiger partial charge in [0.05, 0.1) is 5.92 Å². The molecule has 1 atom stereocenters. The molecule has 1 unspecified atom stereocenters. The number of allylic oxidation sites excluding steroid dienone is 2. The maximum absolute atomic E-state index is 12.8. The molecule has 0 radical (unpaired) electrons. The number of benzene rings is 1. The summed E-state index contributed by atoms with van der Waals surface area (Å²) in [5, 5.41) is 0. The molecular formula is C14H14FNO. The zero-order chi connectivity index (χ0) is 12.3. The number of hydrogen-bond acceptors (Lipinski definition) is 2. The molecule has 1 aliphatic heterocycles. The van der Waals surface area contributed by atoms with E-state index in [4.69, 9.17) is 0 Å². The predicted molar refractivity (Wildman–Crippen MR) is 65.5 cm³/mol. The van der Waals surface area contributed by atoms with Crippen molar-refractivity contribution >= 4 is 12.0 Å². The van der Waals surface area contributed by atoms with E-state index in [1.54, 1.807) is 12.1 Å². The van der Waals surface area contributed by atoms with Crippen molar-refractivity contribution in [3.63, 3.8) is 0 Å². The Balaban J connectivity index is 2.10. The Bertz CT molecular complexity index is 474. The second-order valence-electron chi connectivity index (χ2n) is 4.25. The number of carbonyl (C=O) groups excluding carboxylic acids is 1. The average molecular weight is 231 g/mol. The highest BCUT2D eigenvalue weighted by atomic mass is 19.1. The highest BCUT2D eigenvalue weighted by molar-refractivity contribution is 5.87. The molecule has 0 saturated carbocycles. The van der Waals surface area contributed by atoms with E-state index < -0.39 is 0 Å². The van der Waals surface area contributed by atoms with Crippen LogP contribution in [0, 0.1) is 11.7 Å². The third-order valence-electron chi connectivity index (χ3n) is 2.84. The minimum absolute atomic E-state index is 0.224. The van der Waals surface area contributed by atoms with Gasteiger partial charge in [-0.2, -0.15) is 0 Å². The number of nitrogens with zero attached hydrogens (tertiary/aromatic N) is 1. The van der Waals surface area contributed by atoms with E-state index in [0.29, 0.717) is 6.42 Å². The molecule has 0 bridgehead atoms. The van der Waals surface area contributed by atoms with Crippen LogP contribution in [-0.4, -0.2) is 12.0 Å². The van der Waals surface area contributed by atoms with Gasteiger partial charge in [-0.1, -0.05) is 18.2 Å². The SMILES string of the molecule is CC1=NC(C(C=O)Cc2ccc(F)cc2)=CC1. The van der Waals surface area contributed by atoms with Gasteiger partial charge in [-0.3, -0.25) is 4.99 Å². The van der Waals surface area contributed by atoms with Gasteiger partial charge in [0.1, 0.15) is 12.1 Å². The standard InChI is InChI=1S/C14H14FNO/c1-10-2-7-14(16-10)12(9-17)8-11-3-5-13(15)6-4-11/h3-7,9,12H,2,8H2,1H3. The monoisotopic (exact) mass is 231 g/mol. The molecule has 0 aromatic heterocycles. The summed E-state index contributed by atoms with van der Waals surface area (Å²) in [5.41, 5.74) is 2.82. The van der Waals surface area contributed by atoms with Crippen LogP contribution in [0.5, 0.6) is 0 Å². The topological polar surface area (TPSA) is 29.4 Å². The zero-order valence-corrected chi connectivity index (χ0v) is 9.69. The minimum atomic E-state index is -0.259. The number of rotatable bonds is 4. The Hall–Kier alpha value is -1.77. The molecule has 0 saturated heterocycles. The Kier molecular flexibility index (Phi) is 3.47. The summed E-state index contributed by atoms with van der Waals surface area (Å²) < 4.78 is 12.8. The molecule has 0 spiro atoms. The molecule has 0 fully saturated rings. The van der Waals surface area contributed by atoms with Crippen LogP contribution in [0.1, 0.15) is 18.9 Å². The fourth-order valence-electron chi connectivity index (χ4n) is 1.90. The molecule has 3 heteroatoms. The second-order valence-corrected chi connectivity index (χ2v) is 4.25. The Morgan fingerprint density at radius 1 is 1.41 bits per heavy atom. The summed E-state index contributed by atoms with van der Waals surface area (Å²) >= 11 is 0. The lowest BCUT2D eigenvalue weighted by Crippen LogP contribution is -2.07. The van der Waals surface area contributed by atoms with Crippen molar-refractivity contribution in [1.82, 2.24) is 0 Å². The Labute approximate surface area is 99.9 Å². The average Bonchev–Trinajstić information content (AvgIpc) is 2.75. The van der Waals surface area contributed by atoms with E-state index in [0.717, 1.165) is 29.7 Å². The largest absolute Gasteiger partial charge is 0.303 e. The van der Waals surface area contributed by atoms with E-state index in [2.05, 4.69) is 4.99 Å². The van der Waals surface area contributed by atoms with Gasteiger partial charge < -0.3 is 4.79 Å². The highest BCUT2D eigenvalue weighted by Gasteiger charge is 2.17. The molecular weight excluding hydrogens is 217 g/mol. The summed E-state index contributed by atoms with van der Waals surface area (Å²) in [6.07, 6.45) is 4.30. The summed E-state index contributed by atoms with van der Waals surface area (Å²) in [7, 11) is 0. The third-order valence-corrected chi connectivity index (χ3v) is 2.84. The first-order valence-electron chi connectivity index (χ1n) is 5.63. The van der Waals surface area contributed by atoms with Crippen LogP contribution in [0.3, 0.4) is 0 Å². The summed E-state index contributed by atoms with van der Waals surface area (Å²) in [4.78, 5) is 15.4. The lowest BCUT2D eigenvalue weighted by molar-refractivity contribution is -0.110. The molecule has 0 amide bonds. The Morgan fingerprint density at radius 2 is 2.12 bits per heavy atom. The fourth-order valence-corrected chi connectivity index (χ4v) is 1.90. The number of carbonyl (C=O) groups is 1.